The van der Waals surface area contributed by atoms with Crippen molar-refractivity contribution in [1.29, 1.82) is 0 Å². The van der Waals surface area contributed by atoms with Crippen LogP contribution in [0, 0.1) is 6.92 Å². The maximum atomic E-state index is 11.8. The maximum absolute atomic E-state index is 11.8. The Balaban J connectivity index is 1.82. The highest BCUT2D eigenvalue weighted by atomic mass is 16.3. The summed E-state index contributed by atoms with van der Waals surface area (Å²) in [5.74, 6) is -0.781. The zero-order chi connectivity index (χ0) is 16.7. The van der Waals surface area contributed by atoms with Crippen LogP contribution in [0.3, 0.4) is 0 Å². The molecule has 2 amide bonds. The van der Waals surface area contributed by atoms with Crippen molar-refractivity contribution in [2.75, 3.05) is 11.9 Å². The van der Waals surface area contributed by atoms with E-state index in [1.165, 1.54) is 6.08 Å². The topological polar surface area (TPSA) is 78.4 Å². The lowest BCUT2D eigenvalue weighted by molar-refractivity contribution is -0.121. The van der Waals surface area contributed by atoms with Gasteiger partial charge in [0.25, 0.3) is 0 Å². The Morgan fingerprint density at radius 3 is 2.57 bits per heavy atom. The molecule has 2 aromatic carbocycles. The Bertz CT molecular complexity index is 724. The molecule has 2 rings (SSSR count). The first-order valence-corrected chi connectivity index (χ1v) is 7.15. The van der Waals surface area contributed by atoms with E-state index in [-0.39, 0.29) is 18.2 Å². The van der Waals surface area contributed by atoms with Crippen molar-refractivity contribution in [1.82, 2.24) is 5.32 Å². The number of nitrogens with one attached hydrogen (secondary N) is 2. The lowest BCUT2D eigenvalue weighted by Gasteiger charge is -2.08. The predicted molar refractivity (Wildman–Crippen MR) is 90.0 cm³/mol. The van der Waals surface area contributed by atoms with Gasteiger partial charge in [0.1, 0.15) is 5.75 Å². The van der Waals surface area contributed by atoms with Crippen LogP contribution in [0.4, 0.5) is 5.69 Å². The Morgan fingerprint density at radius 1 is 1.13 bits per heavy atom. The van der Waals surface area contributed by atoms with Gasteiger partial charge >= 0.3 is 0 Å². The highest BCUT2D eigenvalue weighted by Crippen LogP contribution is 2.23. The fraction of sp³-hybridized carbons (Fsp3) is 0.111. The van der Waals surface area contributed by atoms with Gasteiger partial charge in [0.05, 0.1) is 12.2 Å². The lowest BCUT2D eigenvalue weighted by Crippen LogP contribution is -2.31. The Kier molecular flexibility index (Phi) is 5.52. The zero-order valence-electron chi connectivity index (χ0n) is 12.7. The SMILES string of the molecule is Cc1ccc(NC(=O)CNC(=O)/C=C/c2ccccc2)c(O)c1. The minimum absolute atomic E-state index is 0.00588. The van der Waals surface area contributed by atoms with Crippen LogP contribution in [0.1, 0.15) is 11.1 Å². The summed E-state index contributed by atoms with van der Waals surface area (Å²) in [6, 6.07) is 14.3. The molecule has 0 bridgehead atoms. The van der Waals surface area contributed by atoms with Gasteiger partial charge in [0.15, 0.2) is 0 Å². The molecule has 0 aliphatic rings. The van der Waals surface area contributed by atoms with E-state index < -0.39 is 5.91 Å². The summed E-state index contributed by atoms with van der Waals surface area (Å²) in [4.78, 5) is 23.4. The number of rotatable bonds is 5. The summed E-state index contributed by atoms with van der Waals surface area (Å²) in [6.45, 7) is 1.66. The van der Waals surface area contributed by atoms with Gasteiger partial charge in [-0.15, -0.1) is 0 Å². The third-order valence-electron chi connectivity index (χ3n) is 3.08. The second-order valence-electron chi connectivity index (χ2n) is 5.03. The van der Waals surface area contributed by atoms with Crippen molar-refractivity contribution >= 4 is 23.6 Å². The third-order valence-corrected chi connectivity index (χ3v) is 3.08. The molecule has 0 radical (unpaired) electrons. The van der Waals surface area contributed by atoms with Gasteiger partial charge in [-0.1, -0.05) is 36.4 Å². The van der Waals surface area contributed by atoms with Crippen LogP contribution in [0.2, 0.25) is 0 Å². The summed E-state index contributed by atoms with van der Waals surface area (Å²) in [5.41, 5.74) is 2.10. The van der Waals surface area contributed by atoms with E-state index in [1.54, 1.807) is 24.3 Å². The summed E-state index contributed by atoms with van der Waals surface area (Å²) < 4.78 is 0. The molecule has 5 heteroatoms. The van der Waals surface area contributed by atoms with Crippen molar-refractivity contribution in [3.05, 3.63) is 65.7 Å². The minimum Gasteiger partial charge on any atom is -0.506 e. The second kappa shape index (κ2) is 7.79. The van der Waals surface area contributed by atoms with E-state index in [4.69, 9.17) is 0 Å². The molecule has 0 aliphatic heterocycles. The van der Waals surface area contributed by atoms with Crippen molar-refractivity contribution in [2.45, 2.75) is 6.92 Å². The molecule has 0 spiro atoms. The number of benzene rings is 2. The molecule has 5 nitrogen and oxygen atoms in total. The van der Waals surface area contributed by atoms with Crippen molar-refractivity contribution < 1.29 is 14.7 Å². The lowest BCUT2D eigenvalue weighted by atomic mass is 10.2. The number of amides is 2. The first-order valence-electron chi connectivity index (χ1n) is 7.15. The number of anilines is 1. The molecule has 3 N–H and O–H groups in total. The predicted octanol–water partition coefficient (Wildman–Crippen LogP) is 2.47. The normalized spacial score (nSPS) is 10.5. The average Bonchev–Trinajstić information content (AvgIpc) is 2.54. The second-order valence-corrected chi connectivity index (χ2v) is 5.03. The maximum Gasteiger partial charge on any atom is 0.244 e. The van der Waals surface area contributed by atoms with E-state index in [2.05, 4.69) is 10.6 Å². The van der Waals surface area contributed by atoms with Crippen LogP contribution in [0.25, 0.3) is 6.08 Å². The van der Waals surface area contributed by atoms with Gasteiger partial charge in [0.2, 0.25) is 11.8 Å². The number of aryl methyl sites for hydroxylation is 1. The van der Waals surface area contributed by atoms with Crippen molar-refractivity contribution in [3.63, 3.8) is 0 Å². The van der Waals surface area contributed by atoms with Gasteiger partial charge in [-0.3, -0.25) is 9.59 Å². The van der Waals surface area contributed by atoms with Gasteiger partial charge in [-0.2, -0.15) is 0 Å². The summed E-state index contributed by atoms with van der Waals surface area (Å²) in [6.07, 6.45) is 3.03. The minimum atomic E-state index is -0.411. The number of phenolic OH excluding ortho intramolecular Hbond substituents is 1. The highest BCUT2D eigenvalue weighted by molar-refractivity contribution is 5.98. The fourth-order valence-corrected chi connectivity index (χ4v) is 1.90. The number of hydrogen-bond acceptors (Lipinski definition) is 3. The average molecular weight is 310 g/mol. The van der Waals surface area contributed by atoms with E-state index >= 15 is 0 Å². The molecule has 0 saturated heterocycles. The summed E-state index contributed by atoms with van der Waals surface area (Å²) >= 11 is 0. The molecule has 118 valence electrons. The molecule has 23 heavy (non-hydrogen) atoms. The number of hydrogen-bond donors (Lipinski definition) is 3. The number of carbonyl (C=O) groups is 2. The van der Waals surface area contributed by atoms with E-state index in [0.717, 1.165) is 11.1 Å². The Labute approximate surface area is 134 Å². The van der Waals surface area contributed by atoms with Crippen LogP contribution in [-0.2, 0) is 9.59 Å². The van der Waals surface area contributed by atoms with Gasteiger partial charge < -0.3 is 15.7 Å². The molecular formula is C18H18N2O3. The molecule has 0 aromatic heterocycles. The molecule has 0 heterocycles. The fourth-order valence-electron chi connectivity index (χ4n) is 1.90. The number of carbonyl (C=O) groups excluding carboxylic acids is 2. The van der Waals surface area contributed by atoms with Gasteiger partial charge in [-0.25, -0.2) is 0 Å². The Hall–Kier alpha value is -3.08. The number of aromatic hydroxyl groups is 1. The van der Waals surface area contributed by atoms with Crippen LogP contribution in [0.5, 0.6) is 5.75 Å². The van der Waals surface area contributed by atoms with E-state index in [1.807, 2.05) is 37.3 Å². The molecule has 2 aromatic rings. The van der Waals surface area contributed by atoms with Gasteiger partial charge in [0, 0.05) is 6.08 Å². The standard InChI is InChI=1S/C18H18N2O3/c1-13-7-9-15(16(21)11-13)20-18(23)12-19-17(22)10-8-14-5-3-2-4-6-14/h2-11,21H,12H2,1H3,(H,19,22)(H,20,23)/b10-8+. The first-order chi connectivity index (χ1) is 11.0. The first kappa shape index (κ1) is 16.3. The molecule has 0 aliphatic carbocycles. The van der Waals surface area contributed by atoms with Crippen molar-refractivity contribution in [3.8, 4) is 5.75 Å². The molecular weight excluding hydrogens is 292 g/mol. The largest absolute Gasteiger partial charge is 0.506 e. The van der Waals surface area contributed by atoms with Crippen LogP contribution in [0.15, 0.2) is 54.6 Å². The molecule has 0 saturated carbocycles. The summed E-state index contributed by atoms with van der Waals surface area (Å²) in [5, 5.41) is 14.7. The number of phenols is 1. The van der Waals surface area contributed by atoms with Crippen LogP contribution < -0.4 is 10.6 Å². The molecule has 0 unspecified atom stereocenters. The van der Waals surface area contributed by atoms with E-state index in [9.17, 15) is 14.7 Å². The smallest absolute Gasteiger partial charge is 0.244 e. The quantitative estimate of drug-likeness (QED) is 0.586. The Morgan fingerprint density at radius 2 is 1.87 bits per heavy atom. The zero-order valence-corrected chi connectivity index (χ0v) is 12.7. The molecule has 0 fully saturated rings. The van der Waals surface area contributed by atoms with E-state index in [0.29, 0.717) is 5.69 Å². The third kappa shape index (κ3) is 5.32. The van der Waals surface area contributed by atoms with Gasteiger partial charge in [-0.05, 0) is 36.3 Å². The monoisotopic (exact) mass is 310 g/mol. The summed E-state index contributed by atoms with van der Waals surface area (Å²) in [7, 11) is 0. The highest BCUT2D eigenvalue weighted by Gasteiger charge is 2.07. The van der Waals surface area contributed by atoms with Crippen LogP contribution in [-0.4, -0.2) is 23.5 Å². The van der Waals surface area contributed by atoms with Crippen LogP contribution >= 0.6 is 0 Å². The van der Waals surface area contributed by atoms with Crippen molar-refractivity contribution in [2.24, 2.45) is 0 Å². The molecule has 0 atom stereocenters.